The maximum Gasteiger partial charge on any atom is 0.327 e. The fraction of sp³-hybridized carbons (Fsp3) is 0.647. The third-order valence-corrected chi connectivity index (χ3v) is 5.60. The minimum Gasteiger partial charge on any atom is -0.313 e. The van der Waals surface area contributed by atoms with E-state index in [1.165, 1.54) is 11.3 Å². The van der Waals surface area contributed by atoms with Gasteiger partial charge in [-0.25, -0.2) is 4.79 Å². The Hall–Kier alpha value is -1.98. The number of urea groups is 1. The molecule has 0 aromatic heterocycles. The predicted octanol–water partition coefficient (Wildman–Crippen LogP) is 1.80. The topological polar surface area (TPSA) is 70.1 Å². The Morgan fingerprint density at radius 3 is 2.61 bits per heavy atom. The van der Waals surface area contributed by atoms with Gasteiger partial charge in [0, 0.05) is 18.8 Å². The van der Waals surface area contributed by atoms with Crippen LogP contribution >= 0.6 is 0 Å². The first-order valence-corrected chi connectivity index (χ1v) is 8.28. The molecule has 23 heavy (non-hydrogen) atoms. The average molecular weight is 317 g/mol. The number of carbonyl (C=O) groups excluding carboxylic acids is 3. The summed E-state index contributed by atoms with van der Waals surface area (Å²) in [7, 11) is 1.68. The molecule has 0 spiro atoms. The maximum atomic E-state index is 13.0. The highest BCUT2D eigenvalue weighted by Gasteiger charge is 2.56. The predicted molar refractivity (Wildman–Crippen MR) is 86.3 cm³/mol. The van der Waals surface area contributed by atoms with Crippen molar-refractivity contribution in [1.82, 2.24) is 9.80 Å². The van der Waals surface area contributed by atoms with Crippen molar-refractivity contribution < 1.29 is 14.4 Å². The molecule has 2 heterocycles. The number of amides is 3. The van der Waals surface area contributed by atoms with E-state index in [9.17, 15) is 14.4 Å². The smallest absolute Gasteiger partial charge is 0.313 e. The Labute approximate surface area is 136 Å². The van der Waals surface area contributed by atoms with Crippen molar-refractivity contribution in [3.8, 4) is 0 Å². The van der Waals surface area contributed by atoms with Crippen molar-refractivity contribution in [1.29, 1.82) is 0 Å². The fourth-order valence-corrected chi connectivity index (χ4v) is 3.91. The van der Waals surface area contributed by atoms with Gasteiger partial charge in [-0.1, -0.05) is 19.3 Å². The number of aliphatic imine (C=N–C) groups is 1. The molecule has 1 unspecified atom stereocenters. The zero-order valence-electron chi connectivity index (χ0n) is 13.7. The molecule has 0 N–H and O–H groups in total. The molecule has 0 aromatic carbocycles. The summed E-state index contributed by atoms with van der Waals surface area (Å²) < 4.78 is 0. The number of hydrogen-bond acceptors (Lipinski definition) is 4. The molecule has 3 amide bonds. The van der Waals surface area contributed by atoms with Crippen molar-refractivity contribution in [3.05, 3.63) is 11.6 Å². The molecule has 0 bridgehead atoms. The largest absolute Gasteiger partial charge is 0.327 e. The normalized spacial score (nSPS) is 28.7. The molecule has 3 rings (SSSR count). The molecule has 0 aromatic rings. The van der Waals surface area contributed by atoms with E-state index in [1.54, 1.807) is 19.3 Å². The van der Waals surface area contributed by atoms with Gasteiger partial charge in [-0.15, -0.1) is 0 Å². The molecular formula is C17H23N3O3. The van der Waals surface area contributed by atoms with Crippen LogP contribution in [0.4, 0.5) is 4.79 Å². The highest BCUT2D eigenvalue weighted by molar-refractivity contribution is 6.11. The van der Waals surface area contributed by atoms with Gasteiger partial charge in [0.1, 0.15) is 5.54 Å². The van der Waals surface area contributed by atoms with E-state index < -0.39 is 5.54 Å². The number of likely N-dealkylation sites (N-methyl/N-ethyl adjacent to an activating group) is 1. The summed E-state index contributed by atoms with van der Waals surface area (Å²) in [6, 6.07) is -0.365. The lowest BCUT2D eigenvalue weighted by Gasteiger charge is -2.38. The summed E-state index contributed by atoms with van der Waals surface area (Å²) in [6.45, 7) is 2.01. The van der Waals surface area contributed by atoms with Crippen LogP contribution in [0.15, 0.2) is 16.6 Å². The molecule has 1 aliphatic carbocycles. The van der Waals surface area contributed by atoms with Gasteiger partial charge in [0.05, 0.1) is 13.1 Å². The number of carbonyl (C=O) groups is 3. The van der Waals surface area contributed by atoms with Gasteiger partial charge in [0.25, 0.3) is 5.91 Å². The summed E-state index contributed by atoms with van der Waals surface area (Å²) in [4.78, 5) is 44.4. The number of nitrogens with zero attached hydrogens (tertiary/aromatic N) is 3. The second-order valence-corrected chi connectivity index (χ2v) is 6.82. The highest BCUT2D eigenvalue weighted by Crippen LogP contribution is 2.40. The van der Waals surface area contributed by atoms with Crippen LogP contribution in [0.5, 0.6) is 0 Å². The van der Waals surface area contributed by atoms with Gasteiger partial charge < -0.3 is 4.90 Å². The van der Waals surface area contributed by atoms with Crippen molar-refractivity contribution in [2.75, 3.05) is 20.1 Å². The SMILES string of the molecule is CN1C(=O)N(CC(=O)C2=CC=NC2)C(=O)C1(C)C1CCCCC1. The number of imide groups is 1. The standard InChI is InChI=1S/C17H23N3O3/c1-17(13-6-4-3-5-7-13)15(22)20(16(23)19(17)2)11-14(21)12-8-9-18-10-12/h8-9,13H,3-7,10-11H2,1-2H3. The number of ketones is 1. The molecule has 3 aliphatic rings. The first kappa shape index (κ1) is 15.9. The Balaban J connectivity index is 1.78. The summed E-state index contributed by atoms with van der Waals surface area (Å²) in [6.07, 6.45) is 8.53. The van der Waals surface area contributed by atoms with Gasteiger partial charge in [-0.2, -0.15) is 0 Å². The lowest BCUT2D eigenvalue weighted by Crippen LogP contribution is -2.52. The van der Waals surface area contributed by atoms with E-state index >= 15 is 0 Å². The Bertz CT molecular complexity index is 604. The maximum absolute atomic E-state index is 13.0. The molecule has 0 radical (unpaired) electrons. The quantitative estimate of drug-likeness (QED) is 0.742. The number of Topliss-reactive ketones (excluding diaryl/α,β-unsaturated/α-hetero) is 1. The third kappa shape index (κ3) is 2.50. The zero-order valence-corrected chi connectivity index (χ0v) is 13.7. The highest BCUT2D eigenvalue weighted by atomic mass is 16.2. The van der Waals surface area contributed by atoms with Crippen molar-refractivity contribution in [2.45, 2.75) is 44.6 Å². The van der Waals surface area contributed by atoms with Crippen molar-refractivity contribution in [3.63, 3.8) is 0 Å². The Morgan fingerprint density at radius 1 is 1.30 bits per heavy atom. The van der Waals surface area contributed by atoms with E-state index in [-0.39, 0.29) is 30.2 Å². The minimum absolute atomic E-state index is 0.173. The molecule has 1 atom stereocenters. The van der Waals surface area contributed by atoms with E-state index in [4.69, 9.17) is 0 Å². The number of allylic oxidation sites excluding steroid dienone is 1. The lowest BCUT2D eigenvalue weighted by atomic mass is 9.75. The molecular weight excluding hydrogens is 294 g/mol. The molecule has 2 fully saturated rings. The van der Waals surface area contributed by atoms with Gasteiger partial charge in [0.15, 0.2) is 5.78 Å². The lowest BCUT2D eigenvalue weighted by molar-refractivity contribution is -0.137. The van der Waals surface area contributed by atoms with Crippen LogP contribution < -0.4 is 0 Å². The van der Waals surface area contributed by atoms with Gasteiger partial charge in [-0.05, 0) is 31.8 Å². The fourth-order valence-electron chi connectivity index (χ4n) is 3.91. The van der Waals surface area contributed by atoms with E-state index in [0.717, 1.165) is 30.6 Å². The Morgan fingerprint density at radius 2 is 2.00 bits per heavy atom. The average Bonchev–Trinajstić information content (AvgIpc) is 3.16. The van der Waals surface area contributed by atoms with Crippen LogP contribution in [0, 0.1) is 5.92 Å². The van der Waals surface area contributed by atoms with Crippen LogP contribution in [0.2, 0.25) is 0 Å². The van der Waals surface area contributed by atoms with E-state index in [1.807, 2.05) is 6.92 Å². The second kappa shape index (κ2) is 5.91. The summed E-state index contributed by atoms with van der Waals surface area (Å²) in [5, 5.41) is 0. The second-order valence-electron chi connectivity index (χ2n) is 6.82. The molecule has 1 saturated carbocycles. The van der Waals surface area contributed by atoms with E-state index in [2.05, 4.69) is 4.99 Å². The molecule has 6 heteroatoms. The summed E-state index contributed by atoms with van der Waals surface area (Å²) in [5.74, 6) is -0.262. The monoisotopic (exact) mass is 317 g/mol. The third-order valence-electron chi connectivity index (χ3n) is 5.60. The van der Waals surface area contributed by atoms with Gasteiger partial charge in [-0.3, -0.25) is 19.5 Å². The van der Waals surface area contributed by atoms with Crippen molar-refractivity contribution >= 4 is 23.9 Å². The van der Waals surface area contributed by atoms with Crippen molar-refractivity contribution in [2.24, 2.45) is 10.9 Å². The summed E-state index contributed by atoms with van der Waals surface area (Å²) >= 11 is 0. The first-order valence-electron chi connectivity index (χ1n) is 8.28. The van der Waals surface area contributed by atoms with Crippen LogP contribution in [0.25, 0.3) is 0 Å². The van der Waals surface area contributed by atoms with Crippen LogP contribution in [-0.2, 0) is 9.59 Å². The van der Waals surface area contributed by atoms with Gasteiger partial charge >= 0.3 is 6.03 Å². The van der Waals surface area contributed by atoms with Crippen LogP contribution in [0.1, 0.15) is 39.0 Å². The molecule has 124 valence electrons. The molecule has 6 nitrogen and oxygen atoms in total. The molecule has 2 aliphatic heterocycles. The zero-order chi connectivity index (χ0) is 16.6. The number of hydrogen-bond donors (Lipinski definition) is 0. The van der Waals surface area contributed by atoms with E-state index in [0.29, 0.717) is 12.1 Å². The van der Waals surface area contributed by atoms with Gasteiger partial charge in [0.2, 0.25) is 0 Å². The first-order chi connectivity index (χ1) is 11.0. The minimum atomic E-state index is -0.821. The summed E-state index contributed by atoms with van der Waals surface area (Å²) in [5.41, 5.74) is -0.266. The van der Waals surface area contributed by atoms with Crippen LogP contribution in [-0.4, -0.2) is 59.4 Å². The Kier molecular flexibility index (Phi) is 4.08. The molecule has 1 saturated heterocycles. The van der Waals surface area contributed by atoms with Crippen LogP contribution in [0.3, 0.4) is 0 Å². The number of rotatable bonds is 4.